The quantitative estimate of drug-likeness (QED) is 0.872. The molecule has 0 saturated carbocycles. The number of halogens is 5. The number of anilines is 1. The fourth-order valence-electron chi connectivity index (χ4n) is 1.35. The Morgan fingerprint density at radius 1 is 1.05 bits per heavy atom. The van der Waals surface area contributed by atoms with Crippen LogP contribution >= 0.6 is 0 Å². The highest BCUT2D eigenvalue weighted by Gasteiger charge is 2.63. The fraction of sp³-hybridized carbons (Fsp3) is 0.333. The van der Waals surface area contributed by atoms with Crippen LogP contribution in [0.4, 0.5) is 27.6 Å². The van der Waals surface area contributed by atoms with Crippen molar-refractivity contribution in [2.75, 3.05) is 19.4 Å². The van der Waals surface area contributed by atoms with Crippen LogP contribution in [0.25, 0.3) is 0 Å². The number of hydrogen-bond acceptors (Lipinski definition) is 2. The maximum atomic E-state index is 12.9. The first-order chi connectivity index (χ1) is 9.48. The van der Waals surface area contributed by atoms with E-state index in [9.17, 15) is 31.5 Å². The molecule has 2 amide bonds. The van der Waals surface area contributed by atoms with Gasteiger partial charge in [0.1, 0.15) is 0 Å². The Hall–Kier alpha value is -2.19. The molecule has 0 heterocycles. The Morgan fingerprint density at radius 3 is 2.05 bits per heavy atom. The molecule has 0 aliphatic carbocycles. The van der Waals surface area contributed by atoms with Crippen LogP contribution < -0.4 is 5.32 Å². The van der Waals surface area contributed by atoms with Crippen molar-refractivity contribution in [3.05, 3.63) is 29.8 Å². The van der Waals surface area contributed by atoms with E-state index in [0.717, 1.165) is 11.0 Å². The third-order valence-corrected chi connectivity index (χ3v) is 2.45. The first-order valence-corrected chi connectivity index (χ1v) is 5.55. The Morgan fingerprint density at radius 2 is 1.57 bits per heavy atom. The molecule has 0 radical (unpaired) electrons. The molecule has 4 nitrogen and oxygen atoms in total. The van der Waals surface area contributed by atoms with Crippen molar-refractivity contribution in [1.82, 2.24) is 4.90 Å². The molecule has 0 unspecified atom stereocenters. The van der Waals surface area contributed by atoms with Crippen LogP contribution in [0.2, 0.25) is 0 Å². The first-order valence-electron chi connectivity index (χ1n) is 5.55. The average molecular weight is 310 g/mol. The number of nitrogens with one attached hydrogen (secondary N) is 1. The van der Waals surface area contributed by atoms with Gasteiger partial charge in [0.15, 0.2) is 0 Å². The van der Waals surface area contributed by atoms with Crippen LogP contribution in [0, 0.1) is 0 Å². The highest BCUT2D eigenvalue weighted by atomic mass is 19.4. The van der Waals surface area contributed by atoms with Crippen LogP contribution in [0.3, 0.4) is 0 Å². The zero-order valence-electron chi connectivity index (χ0n) is 11.0. The maximum Gasteiger partial charge on any atom is 0.463 e. The van der Waals surface area contributed by atoms with Crippen molar-refractivity contribution in [2.45, 2.75) is 12.1 Å². The smallest absolute Gasteiger partial charge is 0.345 e. The van der Waals surface area contributed by atoms with Crippen molar-refractivity contribution in [2.24, 2.45) is 0 Å². The van der Waals surface area contributed by atoms with Gasteiger partial charge in [-0.2, -0.15) is 22.0 Å². The predicted octanol–water partition coefficient (Wildman–Crippen LogP) is 2.52. The lowest BCUT2D eigenvalue weighted by Gasteiger charge is -2.20. The number of nitrogens with zero attached hydrogens (tertiary/aromatic N) is 1. The number of hydrogen-bond donors (Lipinski definition) is 1. The van der Waals surface area contributed by atoms with Gasteiger partial charge in [-0.1, -0.05) is 12.1 Å². The zero-order valence-corrected chi connectivity index (χ0v) is 11.0. The van der Waals surface area contributed by atoms with Gasteiger partial charge >= 0.3 is 18.0 Å². The summed E-state index contributed by atoms with van der Waals surface area (Å²) in [6.45, 7) is 0. The van der Waals surface area contributed by atoms with E-state index in [1.54, 1.807) is 0 Å². The second kappa shape index (κ2) is 5.66. The van der Waals surface area contributed by atoms with E-state index < -0.39 is 29.6 Å². The van der Waals surface area contributed by atoms with Crippen LogP contribution in [0.1, 0.15) is 10.4 Å². The molecular formula is C12H11F5N2O2. The summed E-state index contributed by atoms with van der Waals surface area (Å²) < 4.78 is 62.0. The molecule has 1 N–H and O–H groups in total. The van der Waals surface area contributed by atoms with E-state index in [1.165, 1.54) is 37.6 Å². The van der Waals surface area contributed by atoms with Crippen LogP contribution in [0.15, 0.2) is 24.3 Å². The molecule has 21 heavy (non-hydrogen) atoms. The molecule has 0 aliphatic rings. The Balaban J connectivity index is 3.10. The van der Waals surface area contributed by atoms with Gasteiger partial charge in [-0.25, -0.2) is 0 Å². The standard InChI is InChI=1S/C12H11F5N2O2/c1-19(2)9(20)7-5-3-4-6-8(7)18-10(21)11(13,14)12(15,16)17/h3-6H,1-2H3,(H,18,21). The summed E-state index contributed by atoms with van der Waals surface area (Å²) in [5.41, 5.74) is -0.626. The van der Waals surface area contributed by atoms with E-state index in [1.807, 2.05) is 0 Å². The molecule has 0 aromatic heterocycles. The highest BCUT2D eigenvalue weighted by Crippen LogP contribution is 2.36. The molecule has 0 saturated heterocycles. The minimum atomic E-state index is -6.02. The molecule has 9 heteroatoms. The zero-order chi connectivity index (χ0) is 16.4. The summed E-state index contributed by atoms with van der Waals surface area (Å²) >= 11 is 0. The van der Waals surface area contributed by atoms with Gasteiger partial charge in [0, 0.05) is 14.1 Å². The van der Waals surface area contributed by atoms with Gasteiger partial charge < -0.3 is 10.2 Å². The molecule has 0 atom stereocenters. The van der Waals surface area contributed by atoms with E-state index >= 15 is 0 Å². The summed E-state index contributed by atoms with van der Waals surface area (Å²) in [4.78, 5) is 24.0. The lowest BCUT2D eigenvalue weighted by molar-refractivity contribution is -0.267. The van der Waals surface area contributed by atoms with Crippen molar-refractivity contribution in [1.29, 1.82) is 0 Å². The normalized spacial score (nSPS) is 12.0. The highest BCUT2D eigenvalue weighted by molar-refractivity contribution is 6.05. The molecule has 0 aliphatic heterocycles. The molecule has 0 bridgehead atoms. The summed E-state index contributed by atoms with van der Waals surface area (Å²) in [7, 11) is 2.73. The minimum absolute atomic E-state index is 0.200. The number of carbonyl (C=O) groups is 2. The fourth-order valence-corrected chi connectivity index (χ4v) is 1.35. The average Bonchev–Trinajstić information content (AvgIpc) is 2.37. The molecule has 0 fully saturated rings. The second-order valence-corrected chi connectivity index (χ2v) is 4.27. The summed E-state index contributed by atoms with van der Waals surface area (Å²) in [5.74, 6) is -8.75. The summed E-state index contributed by atoms with van der Waals surface area (Å²) in [6, 6.07) is 4.92. The summed E-state index contributed by atoms with van der Waals surface area (Å²) in [5, 5.41) is 1.44. The Bertz CT molecular complexity index is 555. The molecular weight excluding hydrogens is 299 g/mol. The number of alkyl halides is 5. The second-order valence-electron chi connectivity index (χ2n) is 4.27. The number of para-hydroxylation sites is 1. The van der Waals surface area contributed by atoms with Crippen molar-refractivity contribution < 1.29 is 31.5 Å². The predicted molar refractivity (Wildman–Crippen MR) is 64.1 cm³/mol. The van der Waals surface area contributed by atoms with Gasteiger partial charge in [-0.3, -0.25) is 9.59 Å². The van der Waals surface area contributed by atoms with Crippen LogP contribution in [0.5, 0.6) is 0 Å². The molecule has 1 aromatic rings. The number of amides is 2. The first kappa shape index (κ1) is 16.9. The van der Waals surface area contributed by atoms with Gasteiger partial charge in [0.25, 0.3) is 5.91 Å². The van der Waals surface area contributed by atoms with Crippen LogP contribution in [-0.4, -0.2) is 42.9 Å². The third-order valence-electron chi connectivity index (χ3n) is 2.45. The van der Waals surface area contributed by atoms with E-state index in [4.69, 9.17) is 0 Å². The number of benzene rings is 1. The molecule has 116 valence electrons. The van der Waals surface area contributed by atoms with E-state index in [2.05, 4.69) is 0 Å². The molecule has 0 spiro atoms. The Labute approximate surface area is 116 Å². The van der Waals surface area contributed by atoms with Crippen LogP contribution in [-0.2, 0) is 4.79 Å². The lowest BCUT2D eigenvalue weighted by Crippen LogP contribution is -2.47. The van der Waals surface area contributed by atoms with Gasteiger partial charge in [-0.05, 0) is 12.1 Å². The maximum absolute atomic E-state index is 12.9. The van der Waals surface area contributed by atoms with Crippen molar-refractivity contribution in [3.8, 4) is 0 Å². The van der Waals surface area contributed by atoms with Crippen molar-refractivity contribution in [3.63, 3.8) is 0 Å². The third kappa shape index (κ3) is 3.47. The minimum Gasteiger partial charge on any atom is -0.345 e. The molecule has 1 aromatic carbocycles. The number of rotatable bonds is 3. The van der Waals surface area contributed by atoms with Gasteiger partial charge in [-0.15, -0.1) is 0 Å². The largest absolute Gasteiger partial charge is 0.463 e. The van der Waals surface area contributed by atoms with Crippen molar-refractivity contribution >= 4 is 17.5 Å². The topological polar surface area (TPSA) is 49.4 Å². The SMILES string of the molecule is CN(C)C(=O)c1ccccc1NC(=O)C(F)(F)C(F)(F)F. The summed E-state index contributed by atoms with van der Waals surface area (Å²) in [6.07, 6.45) is -6.02. The lowest BCUT2D eigenvalue weighted by atomic mass is 10.1. The van der Waals surface area contributed by atoms with Gasteiger partial charge in [0.05, 0.1) is 11.3 Å². The Kier molecular flexibility index (Phi) is 4.55. The molecule has 1 rings (SSSR count). The van der Waals surface area contributed by atoms with E-state index in [-0.39, 0.29) is 5.56 Å². The van der Waals surface area contributed by atoms with Gasteiger partial charge in [0.2, 0.25) is 0 Å². The monoisotopic (exact) mass is 310 g/mol. The van der Waals surface area contributed by atoms with E-state index in [0.29, 0.717) is 0 Å². The number of carbonyl (C=O) groups excluding carboxylic acids is 2.